The van der Waals surface area contributed by atoms with Crippen molar-refractivity contribution >= 4 is 17.8 Å². The summed E-state index contributed by atoms with van der Waals surface area (Å²) in [6, 6.07) is 6.02. The van der Waals surface area contributed by atoms with Gasteiger partial charge in [0.05, 0.1) is 5.92 Å². The molecule has 1 N–H and O–H groups in total. The fraction of sp³-hybridized carbons (Fsp3) is 0.308. The van der Waals surface area contributed by atoms with Crippen molar-refractivity contribution in [1.29, 1.82) is 0 Å². The average Bonchev–Trinajstić information content (AvgIpc) is 2.60. The molecule has 0 radical (unpaired) electrons. The molecule has 1 heterocycles. The standard InChI is InChI=1S/C13H12FNO4/c14-10-4-2-1-3-8(10)5-9-6-11(16)15(13(9)19)7-12(17)18/h1-4,9H,5-7H2,(H,17,18). The number of amides is 2. The lowest BCUT2D eigenvalue weighted by Gasteiger charge is -2.12. The zero-order valence-corrected chi connectivity index (χ0v) is 10.0. The Kier molecular flexibility index (Phi) is 3.59. The van der Waals surface area contributed by atoms with Crippen molar-refractivity contribution < 1.29 is 23.9 Å². The number of aliphatic carboxylic acids is 1. The van der Waals surface area contributed by atoms with E-state index >= 15 is 0 Å². The van der Waals surface area contributed by atoms with Crippen molar-refractivity contribution in [1.82, 2.24) is 4.90 Å². The Morgan fingerprint density at radius 1 is 1.37 bits per heavy atom. The van der Waals surface area contributed by atoms with Gasteiger partial charge in [-0.05, 0) is 18.1 Å². The van der Waals surface area contributed by atoms with Crippen LogP contribution in [0.1, 0.15) is 12.0 Å². The maximum Gasteiger partial charge on any atom is 0.323 e. The van der Waals surface area contributed by atoms with E-state index in [1.54, 1.807) is 12.1 Å². The highest BCUT2D eigenvalue weighted by atomic mass is 19.1. The number of hydrogen-bond donors (Lipinski definition) is 1. The van der Waals surface area contributed by atoms with Crippen LogP contribution in [-0.2, 0) is 20.8 Å². The minimum absolute atomic E-state index is 0.0690. The van der Waals surface area contributed by atoms with Gasteiger partial charge >= 0.3 is 5.97 Å². The second-order valence-electron chi connectivity index (χ2n) is 4.41. The monoisotopic (exact) mass is 265 g/mol. The van der Waals surface area contributed by atoms with Crippen LogP contribution in [0.15, 0.2) is 24.3 Å². The number of carboxylic acids is 1. The van der Waals surface area contributed by atoms with Gasteiger partial charge in [0.25, 0.3) is 0 Å². The molecule has 2 amide bonds. The molecule has 6 heteroatoms. The fourth-order valence-corrected chi connectivity index (χ4v) is 2.14. The normalized spacial score (nSPS) is 19.0. The summed E-state index contributed by atoms with van der Waals surface area (Å²) in [5, 5.41) is 8.62. The smallest absolute Gasteiger partial charge is 0.323 e. The molecule has 1 aliphatic heterocycles. The first kappa shape index (κ1) is 13.2. The number of halogens is 1. The first-order valence-corrected chi connectivity index (χ1v) is 5.78. The van der Waals surface area contributed by atoms with Gasteiger partial charge in [-0.1, -0.05) is 18.2 Å². The lowest BCUT2D eigenvalue weighted by atomic mass is 9.97. The number of carbonyl (C=O) groups is 3. The van der Waals surface area contributed by atoms with Crippen LogP contribution in [0.2, 0.25) is 0 Å². The van der Waals surface area contributed by atoms with E-state index in [0.717, 1.165) is 0 Å². The number of carboxylic acid groups (broad SMARTS) is 1. The second-order valence-corrected chi connectivity index (χ2v) is 4.41. The lowest BCUT2D eigenvalue weighted by Crippen LogP contribution is -2.35. The van der Waals surface area contributed by atoms with Crippen molar-refractivity contribution in [3.8, 4) is 0 Å². The van der Waals surface area contributed by atoms with E-state index in [4.69, 9.17) is 5.11 Å². The van der Waals surface area contributed by atoms with Crippen molar-refractivity contribution in [3.05, 3.63) is 35.6 Å². The molecule has 5 nitrogen and oxygen atoms in total. The van der Waals surface area contributed by atoms with Crippen LogP contribution in [0.3, 0.4) is 0 Å². The van der Waals surface area contributed by atoms with Crippen molar-refractivity contribution in [2.75, 3.05) is 6.54 Å². The van der Waals surface area contributed by atoms with E-state index < -0.39 is 36.1 Å². The molecule has 1 fully saturated rings. The third kappa shape index (κ3) is 2.78. The molecule has 0 aromatic heterocycles. The summed E-state index contributed by atoms with van der Waals surface area (Å²) in [6.45, 7) is -0.633. The van der Waals surface area contributed by atoms with Gasteiger partial charge in [-0.2, -0.15) is 0 Å². The highest BCUT2D eigenvalue weighted by molar-refractivity contribution is 6.05. The van der Waals surface area contributed by atoms with Gasteiger partial charge in [-0.3, -0.25) is 19.3 Å². The quantitative estimate of drug-likeness (QED) is 0.818. The number of hydrogen-bond acceptors (Lipinski definition) is 3. The second kappa shape index (κ2) is 5.17. The molecule has 1 unspecified atom stereocenters. The number of benzene rings is 1. The van der Waals surface area contributed by atoms with Crippen LogP contribution in [0.4, 0.5) is 4.39 Å². The predicted molar refractivity (Wildman–Crippen MR) is 62.6 cm³/mol. The Balaban J connectivity index is 2.11. The minimum atomic E-state index is -1.24. The molecule has 1 aromatic carbocycles. The summed E-state index contributed by atoms with van der Waals surface area (Å²) >= 11 is 0. The maximum absolute atomic E-state index is 13.5. The van der Waals surface area contributed by atoms with Crippen molar-refractivity contribution in [2.24, 2.45) is 5.92 Å². The number of carbonyl (C=O) groups excluding carboxylic acids is 2. The Morgan fingerprint density at radius 3 is 2.68 bits per heavy atom. The molecule has 0 aliphatic carbocycles. The van der Waals surface area contributed by atoms with Gasteiger partial charge in [0.1, 0.15) is 12.4 Å². The number of likely N-dealkylation sites (tertiary alicyclic amines) is 1. The fourth-order valence-electron chi connectivity index (χ4n) is 2.14. The first-order chi connectivity index (χ1) is 8.99. The van der Waals surface area contributed by atoms with Crippen LogP contribution in [0.25, 0.3) is 0 Å². The Morgan fingerprint density at radius 2 is 2.05 bits per heavy atom. The molecule has 1 aliphatic rings. The van der Waals surface area contributed by atoms with Crippen LogP contribution < -0.4 is 0 Å². The molecule has 1 aromatic rings. The third-order valence-corrected chi connectivity index (χ3v) is 3.05. The summed E-state index contributed by atoms with van der Waals surface area (Å²) in [4.78, 5) is 34.7. The van der Waals surface area contributed by atoms with Gasteiger partial charge in [-0.25, -0.2) is 4.39 Å². The Labute approximate surface area is 108 Å². The lowest BCUT2D eigenvalue weighted by molar-refractivity contribution is -0.149. The van der Waals surface area contributed by atoms with E-state index in [1.807, 2.05) is 0 Å². The van der Waals surface area contributed by atoms with Gasteiger partial charge in [-0.15, -0.1) is 0 Å². The largest absolute Gasteiger partial charge is 0.480 e. The molecule has 1 saturated heterocycles. The topological polar surface area (TPSA) is 74.7 Å². The van der Waals surface area contributed by atoms with Crippen LogP contribution >= 0.6 is 0 Å². The molecule has 0 bridgehead atoms. The van der Waals surface area contributed by atoms with E-state index in [0.29, 0.717) is 10.5 Å². The Hall–Kier alpha value is -2.24. The summed E-state index contributed by atoms with van der Waals surface area (Å²) in [7, 11) is 0. The van der Waals surface area contributed by atoms with Gasteiger partial charge < -0.3 is 5.11 Å². The zero-order valence-electron chi connectivity index (χ0n) is 10.0. The summed E-state index contributed by atoms with van der Waals surface area (Å²) in [6.07, 6.45) is 0.0355. The van der Waals surface area contributed by atoms with Crippen molar-refractivity contribution in [3.63, 3.8) is 0 Å². The zero-order chi connectivity index (χ0) is 14.0. The van der Waals surface area contributed by atoms with Crippen LogP contribution in [0, 0.1) is 11.7 Å². The van der Waals surface area contributed by atoms with E-state index in [1.165, 1.54) is 12.1 Å². The maximum atomic E-state index is 13.5. The van der Waals surface area contributed by atoms with E-state index in [2.05, 4.69) is 0 Å². The molecule has 0 saturated carbocycles. The highest BCUT2D eigenvalue weighted by Crippen LogP contribution is 2.24. The first-order valence-electron chi connectivity index (χ1n) is 5.78. The molecule has 100 valence electrons. The number of imide groups is 1. The average molecular weight is 265 g/mol. The summed E-state index contributed by atoms with van der Waals surface area (Å²) < 4.78 is 13.5. The highest BCUT2D eigenvalue weighted by Gasteiger charge is 2.39. The summed E-state index contributed by atoms with van der Waals surface area (Å²) in [5.74, 6) is -3.42. The predicted octanol–water partition coefficient (Wildman–Crippen LogP) is 0.828. The Bertz CT molecular complexity index is 543. The van der Waals surface area contributed by atoms with Crippen molar-refractivity contribution in [2.45, 2.75) is 12.8 Å². The molecule has 2 rings (SSSR count). The van der Waals surface area contributed by atoms with E-state index in [9.17, 15) is 18.8 Å². The van der Waals surface area contributed by atoms with Crippen LogP contribution in [0.5, 0.6) is 0 Å². The molecule has 1 atom stereocenters. The molecule has 0 spiro atoms. The number of rotatable bonds is 4. The summed E-state index contributed by atoms with van der Waals surface area (Å²) in [5.41, 5.74) is 0.353. The van der Waals surface area contributed by atoms with Crippen LogP contribution in [-0.4, -0.2) is 34.3 Å². The van der Waals surface area contributed by atoms with Gasteiger partial charge in [0.2, 0.25) is 11.8 Å². The van der Waals surface area contributed by atoms with Gasteiger partial charge in [0, 0.05) is 6.42 Å². The molecular formula is C13H12FNO4. The third-order valence-electron chi connectivity index (χ3n) is 3.05. The minimum Gasteiger partial charge on any atom is -0.480 e. The molecule has 19 heavy (non-hydrogen) atoms. The number of nitrogens with zero attached hydrogens (tertiary/aromatic N) is 1. The van der Waals surface area contributed by atoms with Gasteiger partial charge in [0.15, 0.2) is 0 Å². The van der Waals surface area contributed by atoms with E-state index in [-0.39, 0.29) is 12.8 Å². The molecular weight excluding hydrogens is 253 g/mol. The SMILES string of the molecule is O=C(O)CN1C(=O)CC(Cc2ccccc2F)C1=O.